The fraction of sp³-hybridized carbons (Fsp3) is 0.452. The van der Waals surface area contributed by atoms with Crippen LogP contribution < -0.4 is 19.9 Å². The van der Waals surface area contributed by atoms with Gasteiger partial charge in [0.1, 0.15) is 23.0 Å². The van der Waals surface area contributed by atoms with Gasteiger partial charge in [0, 0.05) is 74.7 Å². The lowest BCUT2D eigenvalue weighted by Crippen LogP contribution is -2.48. The number of hydrogen-bond donors (Lipinski definition) is 3. The molecule has 3 aromatic carbocycles. The average Bonchev–Trinajstić information content (AvgIpc) is 3.50. The number of halogens is 3. The molecule has 5 heterocycles. The molecule has 0 radical (unpaired) electrons. The molecule has 1 atom stereocenters. The maximum absolute atomic E-state index is 13.1. The first-order valence-corrected chi connectivity index (χ1v) is 24.7. The molecule has 3 N–H and O–H groups in total. The zero-order valence-corrected chi connectivity index (χ0v) is 39.1. The number of anilines is 2. The fourth-order valence-corrected chi connectivity index (χ4v) is 12.7. The highest BCUT2D eigenvalue weighted by Gasteiger charge is 2.55. The van der Waals surface area contributed by atoms with Crippen molar-refractivity contribution in [2.24, 2.45) is 0 Å². The van der Waals surface area contributed by atoms with Crippen molar-refractivity contribution in [3.63, 3.8) is 0 Å². The lowest BCUT2D eigenvalue weighted by Gasteiger charge is -2.49. The molecule has 12 nitrogen and oxygen atoms in total. The number of carbonyl (C=O) groups excluding carboxylic acids is 1. The molecule has 5 aliphatic rings. The zero-order valence-electron chi connectivity index (χ0n) is 34.3. The van der Waals surface area contributed by atoms with Crippen LogP contribution >= 0.6 is 46.6 Å². The van der Waals surface area contributed by atoms with Crippen molar-refractivity contribution in [2.45, 2.75) is 95.0 Å². The molecule has 0 bridgehead atoms. The summed E-state index contributed by atoms with van der Waals surface area (Å²) in [7, 11) is -7.10. The minimum absolute atomic E-state index is 0.0392. The van der Waals surface area contributed by atoms with Gasteiger partial charge in [-0.1, -0.05) is 47.0 Å². The molecule has 0 aliphatic carbocycles. The number of rotatable bonds is 7. The molecule has 3 aromatic rings. The van der Waals surface area contributed by atoms with E-state index < -0.39 is 54.0 Å². The highest BCUT2D eigenvalue weighted by atomic mass is 35.5. The van der Waals surface area contributed by atoms with Gasteiger partial charge in [-0.05, 0) is 84.6 Å². The predicted octanol–water partition coefficient (Wildman–Crippen LogP) is 8.90. The monoisotopic (exact) mass is 937 g/mol. The molecule has 0 aromatic heterocycles. The standard InChI is InChI=1S/C42H46Cl3N3O9S3/c1-39(2,3)46-31(49)18-58-38-34(44)32-26(33(43)35(38)45)17-56-42(32)27-12-24-21(19-59(50,51)52)15-40(4,5)47(8)29(24)14-30(27)57-37-23-10-9-11-48-36(23)25(13-28(37)42)22(16-41(48,6)7)20-60(53,54)55/h12-16H,9-11,17-20H2,1-8H3,(H,46,49)(H,50,51,52)(H,53,54,55). The summed E-state index contributed by atoms with van der Waals surface area (Å²) in [6.07, 6.45) is 4.97. The topological polar surface area (TPSA) is 163 Å². The number of thioether (sulfide) groups is 1. The molecule has 0 fully saturated rings. The number of nitrogens with zero attached hydrogens (tertiary/aromatic N) is 2. The Kier molecular flexibility index (Phi) is 10.4. The van der Waals surface area contributed by atoms with E-state index in [1.54, 1.807) is 12.1 Å². The zero-order chi connectivity index (χ0) is 43.9. The lowest BCUT2D eigenvalue weighted by molar-refractivity contribution is -0.119. The summed E-state index contributed by atoms with van der Waals surface area (Å²) in [5, 5.41) is 3.45. The van der Waals surface area contributed by atoms with Crippen LogP contribution in [-0.2, 0) is 48.4 Å². The van der Waals surface area contributed by atoms with Gasteiger partial charge >= 0.3 is 0 Å². The Morgan fingerprint density at radius 1 is 0.883 bits per heavy atom. The van der Waals surface area contributed by atoms with Crippen molar-refractivity contribution in [1.82, 2.24) is 5.32 Å². The molecule has 322 valence electrons. The van der Waals surface area contributed by atoms with E-state index in [9.17, 15) is 30.7 Å². The number of carbonyl (C=O) groups is 1. The third-order valence-electron chi connectivity index (χ3n) is 11.9. The Morgan fingerprint density at radius 3 is 2.13 bits per heavy atom. The maximum Gasteiger partial charge on any atom is 0.269 e. The largest absolute Gasteiger partial charge is 0.456 e. The number of hydrogen-bond acceptors (Lipinski definition) is 10. The van der Waals surface area contributed by atoms with Crippen LogP contribution in [0.25, 0.3) is 11.1 Å². The van der Waals surface area contributed by atoms with Crippen LogP contribution in [0, 0.1) is 0 Å². The van der Waals surface area contributed by atoms with Crippen molar-refractivity contribution < 1.29 is 40.2 Å². The molecule has 18 heteroatoms. The minimum atomic E-state index is -4.50. The summed E-state index contributed by atoms with van der Waals surface area (Å²) < 4.78 is 84.8. The van der Waals surface area contributed by atoms with Gasteiger partial charge in [0.2, 0.25) is 5.91 Å². The molecule has 60 heavy (non-hydrogen) atoms. The van der Waals surface area contributed by atoms with Crippen LogP contribution in [-0.4, -0.2) is 79.3 Å². The Morgan fingerprint density at radius 2 is 1.50 bits per heavy atom. The summed E-state index contributed by atoms with van der Waals surface area (Å²) in [6.45, 7) is 14.1. The summed E-state index contributed by atoms with van der Waals surface area (Å²) >= 11 is 22.8. The van der Waals surface area contributed by atoms with Gasteiger partial charge < -0.3 is 24.6 Å². The van der Waals surface area contributed by atoms with Crippen molar-refractivity contribution in [3.05, 3.63) is 84.4 Å². The second kappa shape index (κ2) is 14.3. The van der Waals surface area contributed by atoms with Crippen molar-refractivity contribution >= 4 is 95.2 Å². The smallest absolute Gasteiger partial charge is 0.269 e. The number of nitrogens with one attached hydrogen (secondary N) is 1. The number of fused-ring (bicyclic) bond motifs is 8. The third-order valence-corrected chi connectivity index (χ3v) is 15.8. The van der Waals surface area contributed by atoms with E-state index in [1.165, 1.54) is 0 Å². The average molecular weight is 939 g/mol. The molecule has 1 spiro atoms. The van der Waals surface area contributed by atoms with Crippen molar-refractivity contribution in [2.75, 3.05) is 40.7 Å². The molecular formula is C42H46Cl3N3O9S3. The number of ether oxygens (including phenoxy) is 2. The van der Waals surface area contributed by atoms with E-state index in [0.717, 1.165) is 29.4 Å². The van der Waals surface area contributed by atoms with E-state index in [1.807, 2.05) is 78.6 Å². The minimum Gasteiger partial charge on any atom is -0.456 e. The molecular weight excluding hydrogens is 893 g/mol. The SMILES string of the molecule is CN1c2cc3c(cc2C(CS(=O)(=O)O)=CC1(C)C)C1(OCc2c(Cl)c(Cl)c(SCC(=O)NC(C)(C)C)c(Cl)c21)c1cc2c4c(c1O3)CCCN4C(C)(C)C=C2CS(=O)(=O)O. The van der Waals surface area contributed by atoms with Gasteiger partial charge in [-0.3, -0.25) is 13.9 Å². The summed E-state index contributed by atoms with van der Waals surface area (Å²) in [5.41, 5.74) is 2.50. The molecule has 1 unspecified atom stereocenters. The fourth-order valence-electron chi connectivity index (χ4n) is 9.40. The first-order valence-electron chi connectivity index (χ1n) is 19.3. The van der Waals surface area contributed by atoms with E-state index in [0.29, 0.717) is 79.6 Å². The van der Waals surface area contributed by atoms with Crippen LogP contribution in [0.15, 0.2) is 35.2 Å². The van der Waals surface area contributed by atoms with Crippen LogP contribution in [0.5, 0.6) is 11.5 Å². The Hall–Kier alpha value is -2.99. The Balaban J connectivity index is 1.46. The maximum atomic E-state index is 13.1. The van der Waals surface area contributed by atoms with Crippen LogP contribution in [0.2, 0.25) is 15.1 Å². The summed E-state index contributed by atoms with van der Waals surface area (Å²) in [5.74, 6) is -0.723. The molecule has 0 saturated carbocycles. The second-order valence-corrected chi connectivity index (χ2v) is 23.2. The van der Waals surface area contributed by atoms with E-state index in [-0.39, 0.29) is 33.3 Å². The second-order valence-electron chi connectivity index (χ2n) is 18.2. The Labute approximate surface area is 370 Å². The van der Waals surface area contributed by atoms with Crippen molar-refractivity contribution in [3.8, 4) is 11.5 Å². The van der Waals surface area contributed by atoms with E-state index in [4.69, 9.17) is 44.3 Å². The Bertz CT molecular complexity index is 2730. The lowest BCUT2D eigenvalue weighted by atomic mass is 9.72. The van der Waals surface area contributed by atoms with Crippen molar-refractivity contribution in [1.29, 1.82) is 0 Å². The van der Waals surface area contributed by atoms with Crippen LogP contribution in [0.4, 0.5) is 11.4 Å². The summed E-state index contributed by atoms with van der Waals surface area (Å²) in [6, 6.07) is 5.47. The van der Waals surface area contributed by atoms with Gasteiger partial charge in [-0.2, -0.15) is 16.8 Å². The van der Waals surface area contributed by atoms with Gasteiger partial charge in [-0.25, -0.2) is 0 Å². The molecule has 0 saturated heterocycles. The van der Waals surface area contributed by atoms with E-state index in [2.05, 4.69) is 10.2 Å². The van der Waals surface area contributed by atoms with Gasteiger partial charge in [0.25, 0.3) is 20.2 Å². The van der Waals surface area contributed by atoms with Crippen LogP contribution in [0.3, 0.4) is 0 Å². The third kappa shape index (κ3) is 7.23. The molecule has 8 rings (SSSR count). The van der Waals surface area contributed by atoms with Gasteiger partial charge in [0.15, 0.2) is 5.60 Å². The quantitative estimate of drug-likeness (QED) is 0.117. The molecule has 1 amide bonds. The number of benzene rings is 3. The van der Waals surface area contributed by atoms with E-state index >= 15 is 0 Å². The molecule has 5 aliphatic heterocycles. The van der Waals surface area contributed by atoms with Gasteiger partial charge in [0.05, 0.1) is 44.2 Å². The number of likely N-dealkylation sites (N-methyl/N-ethyl adjacent to an activating group) is 1. The summed E-state index contributed by atoms with van der Waals surface area (Å²) in [4.78, 5) is 17.7. The highest BCUT2D eigenvalue weighted by molar-refractivity contribution is 8.00. The predicted molar refractivity (Wildman–Crippen MR) is 239 cm³/mol. The first-order chi connectivity index (χ1) is 27.6. The van der Waals surface area contributed by atoms with Gasteiger partial charge in [-0.15, -0.1) is 11.8 Å². The normalized spacial score (nSPS) is 20.9. The van der Waals surface area contributed by atoms with Crippen LogP contribution in [0.1, 0.15) is 93.8 Å². The highest BCUT2D eigenvalue weighted by Crippen LogP contribution is 2.64. The number of amides is 1. The first kappa shape index (κ1) is 43.7.